The molecule has 0 fully saturated rings. The van der Waals surface area contributed by atoms with Crippen molar-refractivity contribution in [1.29, 1.82) is 0 Å². The van der Waals surface area contributed by atoms with Crippen molar-refractivity contribution >= 4 is 5.69 Å². The Morgan fingerprint density at radius 3 is 2.85 bits per heavy atom. The number of hydrogen-bond acceptors (Lipinski definition) is 3. The minimum atomic E-state index is 1.00. The lowest BCUT2D eigenvalue weighted by molar-refractivity contribution is 0.331. The second-order valence-electron chi connectivity index (χ2n) is 5.51. The van der Waals surface area contributed by atoms with Gasteiger partial charge < -0.3 is 10.2 Å². The molecule has 1 aromatic carbocycles. The zero-order valence-corrected chi connectivity index (χ0v) is 12.0. The Hall–Kier alpha value is -1.87. The second-order valence-corrected chi connectivity index (χ2v) is 5.51. The van der Waals surface area contributed by atoms with Gasteiger partial charge in [-0.3, -0.25) is 4.98 Å². The Balaban J connectivity index is 1.55. The van der Waals surface area contributed by atoms with Gasteiger partial charge >= 0.3 is 0 Å². The Morgan fingerprint density at radius 2 is 2.00 bits per heavy atom. The SMILES string of the molecule is CN(CCc1ccncc1)Cc1ccc2c(c1)NCC2. The van der Waals surface area contributed by atoms with E-state index in [2.05, 4.69) is 52.6 Å². The Kier molecular flexibility index (Phi) is 3.97. The normalized spacial score (nSPS) is 13.3. The van der Waals surface area contributed by atoms with Gasteiger partial charge in [-0.2, -0.15) is 0 Å². The van der Waals surface area contributed by atoms with Crippen molar-refractivity contribution in [2.45, 2.75) is 19.4 Å². The van der Waals surface area contributed by atoms with Gasteiger partial charge in [-0.25, -0.2) is 0 Å². The molecular formula is C17H21N3. The molecule has 20 heavy (non-hydrogen) atoms. The van der Waals surface area contributed by atoms with E-state index in [-0.39, 0.29) is 0 Å². The van der Waals surface area contributed by atoms with Gasteiger partial charge in [0.2, 0.25) is 0 Å². The summed E-state index contributed by atoms with van der Waals surface area (Å²) in [5, 5.41) is 3.45. The summed E-state index contributed by atoms with van der Waals surface area (Å²) in [5.41, 5.74) is 5.51. The monoisotopic (exact) mass is 267 g/mol. The third kappa shape index (κ3) is 3.17. The van der Waals surface area contributed by atoms with Crippen molar-refractivity contribution in [2.24, 2.45) is 0 Å². The molecule has 3 nitrogen and oxygen atoms in total. The molecule has 0 saturated carbocycles. The van der Waals surface area contributed by atoms with E-state index in [1.165, 1.54) is 22.4 Å². The van der Waals surface area contributed by atoms with Gasteiger partial charge in [-0.15, -0.1) is 0 Å². The van der Waals surface area contributed by atoms with Crippen molar-refractivity contribution in [3.63, 3.8) is 0 Å². The van der Waals surface area contributed by atoms with Gasteiger partial charge in [0.1, 0.15) is 0 Å². The van der Waals surface area contributed by atoms with E-state index in [9.17, 15) is 0 Å². The average Bonchev–Trinajstić information content (AvgIpc) is 2.94. The second kappa shape index (κ2) is 6.06. The summed E-state index contributed by atoms with van der Waals surface area (Å²) < 4.78 is 0. The predicted molar refractivity (Wildman–Crippen MR) is 82.9 cm³/mol. The zero-order chi connectivity index (χ0) is 13.8. The molecule has 1 aliphatic rings. The number of nitrogens with zero attached hydrogens (tertiary/aromatic N) is 2. The van der Waals surface area contributed by atoms with Crippen LogP contribution in [0.4, 0.5) is 5.69 Å². The summed E-state index contributed by atoms with van der Waals surface area (Å²) in [7, 11) is 2.18. The topological polar surface area (TPSA) is 28.2 Å². The van der Waals surface area contributed by atoms with E-state index in [1.54, 1.807) is 0 Å². The number of aromatic nitrogens is 1. The third-order valence-corrected chi connectivity index (χ3v) is 3.87. The molecule has 2 aromatic rings. The molecule has 0 bridgehead atoms. The highest BCUT2D eigenvalue weighted by atomic mass is 15.1. The molecule has 0 atom stereocenters. The molecule has 0 amide bonds. The third-order valence-electron chi connectivity index (χ3n) is 3.87. The van der Waals surface area contributed by atoms with Crippen LogP contribution in [0.5, 0.6) is 0 Å². The molecule has 2 heterocycles. The molecule has 0 radical (unpaired) electrons. The van der Waals surface area contributed by atoms with Crippen molar-refractivity contribution in [2.75, 3.05) is 25.5 Å². The van der Waals surface area contributed by atoms with E-state index in [1.807, 2.05) is 12.4 Å². The summed E-state index contributed by atoms with van der Waals surface area (Å²) >= 11 is 0. The van der Waals surface area contributed by atoms with E-state index >= 15 is 0 Å². The van der Waals surface area contributed by atoms with E-state index in [0.717, 1.165) is 32.5 Å². The van der Waals surface area contributed by atoms with Crippen LogP contribution in [0.3, 0.4) is 0 Å². The standard InChI is InChI=1S/C17H21N3/c1-20(11-7-14-4-8-18-9-5-14)13-15-2-3-16-6-10-19-17(16)12-15/h2-5,8-9,12,19H,6-7,10-11,13H2,1H3. The number of hydrogen-bond donors (Lipinski definition) is 1. The van der Waals surface area contributed by atoms with Crippen LogP contribution in [-0.4, -0.2) is 30.0 Å². The number of pyridine rings is 1. The van der Waals surface area contributed by atoms with Crippen molar-refractivity contribution in [1.82, 2.24) is 9.88 Å². The zero-order valence-electron chi connectivity index (χ0n) is 12.0. The van der Waals surface area contributed by atoms with Gasteiger partial charge in [-0.1, -0.05) is 12.1 Å². The highest BCUT2D eigenvalue weighted by Gasteiger charge is 2.10. The molecular weight excluding hydrogens is 246 g/mol. The van der Waals surface area contributed by atoms with Gasteiger partial charge in [-0.05, 0) is 54.8 Å². The average molecular weight is 267 g/mol. The number of fused-ring (bicyclic) bond motifs is 1. The van der Waals surface area contributed by atoms with Gasteiger partial charge in [0.05, 0.1) is 0 Å². The fourth-order valence-electron chi connectivity index (χ4n) is 2.70. The minimum absolute atomic E-state index is 1.00. The number of benzene rings is 1. The first-order valence-electron chi connectivity index (χ1n) is 7.24. The predicted octanol–water partition coefficient (Wildman–Crippen LogP) is 2.72. The maximum atomic E-state index is 4.05. The first-order valence-corrected chi connectivity index (χ1v) is 7.24. The molecule has 0 saturated heterocycles. The van der Waals surface area contributed by atoms with Crippen LogP contribution in [0, 0.1) is 0 Å². The first-order chi connectivity index (χ1) is 9.81. The highest BCUT2D eigenvalue weighted by molar-refractivity contribution is 5.56. The molecule has 1 N–H and O–H groups in total. The van der Waals surface area contributed by atoms with E-state index in [0.29, 0.717) is 0 Å². The molecule has 0 spiro atoms. The van der Waals surface area contributed by atoms with E-state index < -0.39 is 0 Å². The minimum Gasteiger partial charge on any atom is -0.384 e. The van der Waals surface area contributed by atoms with Crippen molar-refractivity contribution in [3.8, 4) is 0 Å². The van der Waals surface area contributed by atoms with Crippen LogP contribution in [0.1, 0.15) is 16.7 Å². The smallest absolute Gasteiger partial charge is 0.0376 e. The van der Waals surface area contributed by atoms with E-state index in [4.69, 9.17) is 0 Å². The highest BCUT2D eigenvalue weighted by Crippen LogP contribution is 2.23. The summed E-state index contributed by atoms with van der Waals surface area (Å²) in [6.45, 7) is 3.14. The lowest BCUT2D eigenvalue weighted by atomic mass is 10.1. The van der Waals surface area contributed by atoms with Crippen molar-refractivity contribution in [3.05, 3.63) is 59.4 Å². The van der Waals surface area contributed by atoms with Crippen LogP contribution in [0.25, 0.3) is 0 Å². The number of likely N-dealkylation sites (N-methyl/N-ethyl adjacent to an activating group) is 1. The quantitative estimate of drug-likeness (QED) is 0.903. The molecule has 1 aromatic heterocycles. The number of nitrogens with one attached hydrogen (secondary N) is 1. The molecule has 1 aliphatic heterocycles. The Bertz CT molecular complexity index is 566. The number of anilines is 1. The van der Waals surface area contributed by atoms with Crippen LogP contribution < -0.4 is 5.32 Å². The lowest BCUT2D eigenvalue weighted by Crippen LogP contribution is -2.20. The summed E-state index contributed by atoms with van der Waals surface area (Å²) in [6.07, 6.45) is 5.96. The first kappa shape index (κ1) is 13.1. The van der Waals surface area contributed by atoms with Gasteiger partial charge in [0.25, 0.3) is 0 Å². The van der Waals surface area contributed by atoms with Gasteiger partial charge in [0, 0.05) is 37.7 Å². The van der Waals surface area contributed by atoms with Gasteiger partial charge in [0.15, 0.2) is 0 Å². The Morgan fingerprint density at radius 1 is 1.15 bits per heavy atom. The van der Waals surface area contributed by atoms with Crippen LogP contribution in [0.15, 0.2) is 42.7 Å². The van der Waals surface area contributed by atoms with Crippen LogP contribution in [0.2, 0.25) is 0 Å². The summed E-state index contributed by atoms with van der Waals surface area (Å²) in [6, 6.07) is 11.0. The summed E-state index contributed by atoms with van der Waals surface area (Å²) in [5.74, 6) is 0. The Labute approximate surface area is 120 Å². The molecule has 104 valence electrons. The van der Waals surface area contributed by atoms with Crippen molar-refractivity contribution < 1.29 is 0 Å². The molecule has 0 unspecified atom stereocenters. The molecule has 3 heteroatoms. The maximum absolute atomic E-state index is 4.05. The molecule has 0 aliphatic carbocycles. The summed E-state index contributed by atoms with van der Waals surface area (Å²) in [4.78, 5) is 6.43. The van der Waals surface area contributed by atoms with Crippen LogP contribution >= 0.6 is 0 Å². The van der Waals surface area contributed by atoms with Crippen LogP contribution in [-0.2, 0) is 19.4 Å². The fraction of sp³-hybridized carbons (Fsp3) is 0.353. The lowest BCUT2D eigenvalue weighted by Gasteiger charge is -2.17. The largest absolute Gasteiger partial charge is 0.384 e. The fourth-order valence-corrected chi connectivity index (χ4v) is 2.70. The maximum Gasteiger partial charge on any atom is 0.0376 e. The molecule has 3 rings (SSSR count). The number of rotatable bonds is 5.